The van der Waals surface area contributed by atoms with Gasteiger partial charge in [0.15, 0.2) is 0 Å². The Labute approximate surface area is 127 Å². The van der Waals surface area contributed by atoms with Gasteiger partial charge in [0.05, 0.1) is 11.5 Å². The second-order valence-electron chi connectivity index (χ2n) is 5.43. The second-order valence-corrected chi connectivity index (χ2v) is 7.36. The molecule has 1 unspecified atom stereocenters. The van der Waals surface area contributed by atoms with Crippen LogP contribution in [0.5, 0.6) is 5.75 Å². The van der Waals surface area contributed by atoms with Crippen molar-refractivity contribution < 1.29 is 13.2 Å². The van der Waals surface area contributed by atoms with Gasteiger partial charge >= 0.3 is 0 Å². The molecule has 1 atom stereocenters. The van der Waals surface area contributed by atoms with Crippen LogP contribution >= 0.6 is 0 Å². The van der Waals surface area contributed by atoms with Gasteiger partial charge in [0.25, 0.3) is 0 Å². The number of sulfonamides is 1. The molecule has 0 bridgehead atoms. The molecule has 21 heavy (non-hydrogen) atoms. The first-order valence-electron chi connectivity index (χ1n) is 7.51. The normalized spacial score (nSPS) is 20.4. The first kappa shape index (κ1) is 16.3. The Bertz CT molecular complexity index is 543. The average molecular weight is 312 g/mol. The number of ether oxygens (including phenoxy) is 1. The Morgan fingerprint density at radius 3 is 2.67 bits per heavy atom. The Hall–Kier alpha value is -1.11. The van der Waals surface area contributed by atoms with Gasteiger partial charge in [-0.2, -0.15) is 4.31 Å². The number of nitrogens with two attached hydrogens (primary N) is 1. The SMILES string of the molecule is CCCOc1ccc(S(=O)(=O)N2CCCC(CN)C2)cc1. The number of piperidine rings is 1. The molecule has 0 spiro atoms. The van der Waals surface area contributed by atoms with Gasteiger partial charge in [-0.1, -0.05) is 6.92 Å². The van der Waals surface area contributed by atoms with Crippen molar-refractivity contribution in [1.82, 2.24) is 4.31 Å². The van der Waals surface area contributed by atoms with Crippen LogP contribution in [0.15, 0.2) is 29.2 Å². The number of nitrogens with zero attached hydrogens (tertiary/aromatic N) is 1. The van der Waals surface area contributed by atoms with Crippen LogP contribution in [0.1, 0.15) is 26.2 Å². The van der Waals surface area contributed by atoms with Crippen LogP contribution in [0, 0.1) is 5.92 Å². The molecule has 0 aromatic heterocycles. The predicted molar refractivity (Wildman–Crippen MR) is 82.8 cm³/mol. The smallest absolute Gasteiger partial charge is 0.243 e. The standard InChI is InChI=1S/C15H24N2O3S/c1-2-10-20-14-5-7-15(8-6-14)21(18,19)17-9-3-4-13(11-16)12-17/h5-8,13H,2-4,9-12,16H2,1H3. The van der Waals surface area contributed by atoms with Crippen LogP contribution in [0.2, 0.25) is 0 Å². The molecule has 1 aromatic carbocycles. The highest BCUT2D eigenvalue weighted by Gasteiger charge is 2.29. The first-order valence-corrected chi connectivity index (χ1v) is 8.95. The van der Waals surface area contributed by atoms with Crippen LogP contribution in [0.25, 0.3) is 0 Å². The molecule has 0 amide bonds. The highest BCUT2D eigenvalue weighted by molar-refractivity contribution is 7.89. The van der Waals surface area contributed by atoms with Crippen LogP contribution in [-0.4, -0.2) is 39.0 Å². The number of rotatable bonds is 6. The van der Waals surface area contributed by atoms with Crippen molar-refractivity contribution >= 4 is 10.0 Å². The zero-order valence-electron chi connectivity index (χ0n) is 12.5. The zero-order valence-corrected chi connectivity index (χ0v) is 13.3. The molecule has 1 fully saturated rings. The van der Waals surface area contributed by atoms with E-state index in [1.807, 2.05) is 6.92 Å². The molecule has 2 N–H and O–H groups in total. The summed E-state index contributed by atoms with van der Waals surface area (Å²) in [5.74, 6) is 0.968. The van der Waals surface area contributed by atoms with E-state index in [9.17, 15) is 8.42 Å². The van der Waals surface area contributed by atoms with Crippen LogP contribution in [-0.2, 0) is 10.0 Å². The maximum atomic E-state index is 12.6. The maximum Gasteiger partial charge on any atom is 0.243 e. The highest BCUT2D eigenvalue weighted by Crippen LogP contribution is 2.24. The van der Waals surface area contributed by atoms with E-state index in [2.05, 4.69) is 0 Å². The summed E-state index contributed by atoms with van der Waals surface area (Å²) in [5.41, 5.74) is 5.68. The fourth-order valence-corrected chi connectivity index (χ4v) is 4.07. The summed E-state index contributed by atoms with van der Waals surface area (Å²) in [6, 6.07) is 6.67. The Morgan fingerprint density at radius 1 is 1.33 bits per heavy atom. The van der Waals surface area contributed by atoms with E-state index in [0.29, 0.717) is 36.9 Å². The van der Waals surface area contributed by atoms with Gasteiger partial charge in [-0.3, -0.25) is 0 Å². The molecule has 5 nitrogen and oxygen atoms in total. The van der Waals surface area contributed by atoms with E-state index in [1.165, 1.54) is 0 Å². The maximum absolute atomic E-state index is 12.6. The summed E-state index contributed by atoms with van der Waals surface area (Å²) in [4.78, 5) is 0.323. The fourth-order valence-electron chi connectivity index (χ4n) is 2.51. The summed E-state index contributed by atoms with van der Waals surface area (Å²) in [5, 5.41) is 0. The summed E-state index contributed by atoms with van der Waals surface area (Å²) >= 11 is 0. The summed E-state index contributed by atoms with van der Waals surface area (Å²) in [6.45, 7) is 4.30. The Kier molecular flexibility index (Phi) is 5.61. The van der Waals surface area contributed by atoms with E-state index < -0.39 is 10.0 Å². The molecule has 1 heterocycles. The van der Waals surface area contributed by atoms with E-state index in [1.54, 1.807) is 28.6 Å². The molecule has 0 saturated carbocycles. The third kappa shape index (κ3) is 3.96. The number of hydrogen-bond acceptors (Lipinski definition) is 4. The first-order chi connectivity index (χ1) is 10.1. The molecular weight excluding hydrogens is 288 g/mol. The summed E-state index contributed by atoms with van der Waals surface area (Å²) in [7, 11) is -3.42. The molecule has 6 heteroatoms. The van der Waals surface area contributed by atoms with E-state index in [-0.39, 0.29) is 5.92 Å². The van der Waals surface area contributed by atoms with Crippen LogP contribution < -0.4 is 10.5 Å². The topological polar surface area (TPSA) is 72.6 Å². The van der Waals surface area contributed by atoms with Crippen molar-refractivity contribution in [3.63, 3.8) is 0 Å². The lowest BCUT2D eigenvalue weighted by Crippen LogP contribution is -2.41. The molecule has 1 saturated heterocycles. The van der Waals surface area contributed by atoms with Crippen molar-refractivity contribution in [2.45, 2.75) is 31.1 Å². The summed E-state index contributed by atoms with van der Waals surface area (Å²) < 4.78 is 32.3. The number of hydrogen-bond donors (Lipinski definition) is 1. The molecule has 118 valence electrons. The van der Waals surface area contributed by atoms with Crippen molar-refractivity contribution in [2.75, 3.05) is 26.2 Å². The van der Waals surface area contributed by atoms with Gasteiger partial charge in [0, 0.05) is 13.1 Å². The molecule has 0 aliphatic carbocycles. The molecular formula is C15H24N2O3S. The quantitative estimate of drug-likeness (QED) is 0.870. The second kappa shape index (κ2) is 7.24. The van der Waals surface area contributed by atoms with Gasteiger partial charge < -0.3 is 10.5 Å². The molecule has 0 radical (unpaired) electrons. The Balaban J connectivity index is 2.11. The van der Waals surface area contributed by atoms with Crippen LogP contribution in [0.4, 0.5) is 0 Å². The van der Waals surface area contributed by atoms with Gasteiger partial charge in [0.2, 0.25) is 10.0 Å². The largest absolute Gasteiger partial charge is 0.494 e. The highest BCUT2D eigenvalue weighted by atomic mass is 32.2. The minimum absolute atomic E-state index is 0.265. The van der Waals surface area contributed by atoms with Gasteiger partial charge in [-0.05, 0) is 56.0 Å². The van der Waals surface area contributed by atoms with Gasteiger partial charge in [-0.25, -0.2) is 8.42 Å². The lowest BCUT2D eigenvalue weighted by Gasteiger charge is -2.31. The summed E-state index contributed by atoms with van der Waals surface area (Å²) in [6.07, 6.45) is 2.80. The third-order valence-electron chi connectivity index (χ3n) is 3.75. The van der Waals surface area contributed by atoms with E-state index in [4.69, 9.17) is 10.5 Å². The molecule has 1 aliphatic heterocycles. The molecule has 1 aromatic rings. The minimum Gasteiger partial charge on any atom is -0.494 e. The monoisotopic (exact) mass is 312 g/mol. The van der Waals surface area contributed by atoms with Crippen molar-refractivity contribution in [3.05, 3.63) is 24.3 Å². The predicted octanol–water partition coefficient (Wildman–Crippen LogP) is 1.83. The molecule has 1 aliphatic rings. The minimum atomic E-state index is -3.42. The van der Waals surface area contributed by atoms with Crippen molar-refractivity contribution in [1.29, 1.82) is 0 Å². The van der Waals surface area contributed by atoms with Crippen molar-refractivity contribution in [2.24, 2.45) is 11.7 Å². The van der Waals surface area contributed by atoms with Crippen molar-refractivity contribution in [3.8, 4) is 5.75 Å². The van der Waals surface area contributed by atoms with E-state index in [0.717, 1.165) is 19.3 Å². The third-order valence-corrected chi connectivity index (χ3v) is 5.63. The fraction of sp³-hybridized carbons (Fsp3) is 0.600. The lowest BCUT2D eigenvalue weighted by atomic mass is 10.0. The number of benzene rings is 1. The Morgan fingerprint density at radius 2 is 2.05 bits per heavy atom. The van der Waals surface area contributed by atoms with Gasteiger partial charge in [0.1, 0.15) is 5.75 Å². The molecule has 2 rings (SSSR count). The zero-order chi connectivity index (χ0) is 15.3. The average Bonchev–Trinajstić information content (AvgIpc) is 2.53. The lowest BCUT2D eigenvalue weighted by molar-refractivity contribution is 0.271. The van der Waals surface area contributed by atoms with Gasteiger partial charge in [-0.15, -0.1) is 0 Å². The van der Waals surface area contributed by atoms with E-state index >= 15 is 0 Å². The van der Waals surface area contributed by atoms with Crippen LogP contribution in [0.3, 0.4) is 0 Å².